The minimum atomic E-state index is -3.69. The molecule has 2 aliphatic rings. The standard InChI is InChI=1S/C14H15Br3ClNO2S/c1-8-2-4-9(5-3-8)22(20,21)19(18)13-7-11-10(6-12(13)15)14(11,16)17/h2-5,10-13H,6-7H2,1H3/t10-,11+,12-,13-/m0/s1. The highest BCUT2D eigenvalue weighted by molar-refractivity contribution is 9.25. The number of aryl methyl sites for hydroxylation is 1. The molecule has 1 aromatic carbocycles. The Morgan fingerprint density at radius 2 is 1.73 bits per heavy atom. The fraction of sp³-hybridized carbons (Fsp3) is 0.571. The van der Waals surface area contributed by atoms with Gasteiger partial charge in [-0.1, -0.05) is 65.5 Å². The van der Waals surface area contributed by atoms with E-state index in [0.29, 0.717) is 11.8 Å². The normalized spacial score (nSPS) is 33.5. The van der Waals surface area contributed by atoms with Crippen molar-refractivity contribution in [3.8, 4) is 0 Å². The Kier molecular flexibility index (Phi) is 4.81. The van der Waals surface area contributed by atoms with Crippen LogP contribution in [0.2, 0.25) is 0 Å². The highest BCUT2D eigenvalue weighted by atomic mass is 79.9. The lowest BCUT2D eigenvalue weighted by Gasteiger charge is -2.31. The zero-order valence-electron chi connectivity index (χ0n) is 11.7. The molecule has 1 aromatic rings. The molecule has 0 amide bonds. The van der Waals surface area contributed by atoms with Gasteiger partial charge in [-0.25, -0.2) is 8.42 Å². The summed E-state index contributed by atoms with van der Waals surface area (Å²) in [7, 11) is -3.69. The summed E-state index contributed by atoms with van der Waals surface area (Å²) in [5.74, 6) is 0.918. The Morgan fingerprint density at radius 1 is 1.18 bits per heavy atom. The Balaban J connectivity index is 1.84. The maximum atomic E-state index is 12.7. The van der Waals surface area contributed by atoms with Crippen molar-refractivity contribution in [3.05, 3.63) is 29.8 Å². The Morgan fingerprint density at radius 3 is 2.32 bits per heavy atom. The number of rotatable bonds is 3. The van der Waals surface area contributed by atoms with Crippen molar-refractivity contribution in [2.24, 2.45) is 11.8 Å². The molecule has 3 rings (SSSR count). The molecule has 22 heavy (non-hydrogen) atoms. The van der Waals surface area contributed by atoms with E-state index in [4.69, 9.17) is 11.8 Å². The third kappa shape index (κ3) is 2.94. The van der Waals surface area contributed by atoms with Crippen molar-refractivity contribution in [3.63, 3.8) is 0 Å². The number of sulfonamides is 1. The second kappa shape index (κ2) is 5.99. The summed E-state index contributed by atoms with van der Waals surface area (Å²) >= 11 is 17.2. The maximum absolute atomic E-state index is 12.7. The summed E-state index contributed by atoms with van der Waals surface area (Å²) in [4.78, 5) is 0.276. The van der Waals surface area contributed by atoms with Crippen LogP contribution >= 0.6 is 59.6 Å². The van der Waals surface area contributed by atoms with Gasteiger partial charge >= 0.3 is 0 Å². The molecule has 0 bridgehead atoms. The molecule has 122 valence electrons. The Hall–Kier alpha value is 0.860. The third-order valence-electron chi connectivity index (χ3n) is 4.57. The molecule has 0 aromatic heterocycles. The van der Waals surface area contributed by atoms with Crippen molar-refractivity contribution < 1.29 is 8.42 Å². The van der Waals surface area contributed by atoms with Crippen LogP contribution in [0.15, 0.2) is 29.2 Å². The lowest BCUT2D eigenvalue weighted by molar-refractivity contribution is 0.340. The monoisotopic (exact) mass is 533 g/mol. The largest absolute Gasteiger partial charge is 0.256 e. The van der Waals surface area contributed by atoms with E-state index in [1.54, 1.807) is 24.3 Å². The van der Waals surface area contributed by atoms with Crippen LogP contribution in [0, 0.1) is 18.8 Å². The average molecular weight is 537 g/mol. The predicted octanol–water partition coefficient (Wildman–Crippen LogP) is 4.80. The molecule has 0 heterocycles. The number of hydrogen-bond donors (Lipinski definition) is 0. The van der Waals surface area contributed by atoms with Gasteiger partial charge in [0.15, 0.2) is 0 Å². The van der Waals surface area contributed by atoms with E-state index in [1.165, 1.54) is 0 Å². The van der Waals surface area contributed by atoms with Crippen molar-refractivity contribution in [2.75, 3.05) is 0 Å². The van der Waals surface area contributed by atoms with Gasteiger partial charge in [0.1, 0.15) is 0 Å². The zero-order chi connectivity index (χ0) is 16.3. The van der Waals surface area contributed by atoms with E-state index in [2.05, 4.69) is 47.8 Å². The van der Waals surface area contributed by atoms with Gasteiger partial charge in [0.25, 0.3) is 10.0 Å². The van der Waals surface area contributed by atoms with Gasteiger partial charge in [-0.3, -0.25) is 0 Å². The van der Waals surface area contributed by atoms with Crippen LogP contribution < -0.4 is 0 Å². The molecular weight excluding hydrogens is 521 g/mol. The predicted molar refractivity (Wildman–Crippen MR) is 99.4 cm³/mol. The first kappa shape index (κ1) is 17.7. The van der Waals surface area contributed by atoms with Crippen LogP contribution in [0.5, 0.6) is 0 Å². The fourth-order valence-electron chi connectivity index (χ4n) is 3.11. The van der Waals surface area contributed by atoms with Crippen LogP contribution in [0.4, 0.5) is 0 Å². The first-order valence-electron chi connectivity index (χ1n) is 6.94. The van der Waals surface area contributed by atoms with Crippen LogP contribution in [-0.4, -0.2) is 26.3 Å². The number of nitrogens with zero attached hydrogens (tertiary/aromatic N) is 1. The molecule has 0 spiro atoms. The van der Waals surface area contributed by atoms with Gasteiger partial charge in [0.05, 0.1) is 14.2 Å². The number of benzene rings is 1. The van der Waals surface area contributed by atoms with Gasteiger partial charge in [-0.2, -0.15) is 0 Å². The second-order valence-electron chi connectivity index (χ2n) is 6.00. The molecule has 2 saturated carbocycles. The number of alkyl halides is 3. The molecule has 4 atom stereocenters. The van der Waals surface area contributed by atoms with Crippen molar-refractivity contribution in [1.29, 1.82) is 0 Å². The van der Waals surface area contributed by atoms with E-state index in [0.717, 1.165) is 22.2 Å². The van der Waals surface area contributed by atoms with Gasteiger partial charge in [0.2, 0.25) is 0 Å². The van der Waals surface area contributed by atoms with E-state index in [1.807, 2.05) is 6.92 Å². The average Bonchev–Trinajstić information content (AvgIpc) is 2.98. The molecule has 8 heteroatoms. The zero-order valence-corrected chi connectivity index (χ0v) is 18.0. The van der Waals surface area contributed by atoms with E-state index < -0.39 is 10.0 Å². The highest BCUT2D eigenvalue weighted by Gasteiger charge is 2.65. The third-order valence-corrected chi connectivity index (χ3v) is 10.3. The van der Waals surface area contributed by atoms with E-state index >= 15 is 0 Å². The SMILES string of the molecule is Cc1ccc(S(=O)(=O)N(Cl)[C@H]2C[C@@H]3[C@H](C[C@@H]2Br)C3(Br)Br)cc1. The first-order chi connectivity index (χ1) is 10.2. The number of fused-ring (bicyclic) bond motifs is 1. The lowest BCUT2D eigenvalue weighted by Crippen LogP contribution is -2.41. The molecule has 3 nitrogen and oxygen atoms in total. The number of hydrogen-bond acceptors (Lipinski definition) is 2. The molecular formula is C14H15Br3ClNO2S. The summed E-state index contributed by atoms with van der Waals surface area (Å²) in [5.41, 5.74) is 1.01. The van der Waals surface area contributed by atoms with Gasteiger partial charge in [-0.05, 0) is 55.5 Å². The topological polar surface area (TPSA) is 37.4 Å². The number of halogens is 4. The molecule has 0 unspecified atom stereocenters. The molecule has 0 radical (unpaired) electrons. The van der Waals surface area contributed by atoms with E-state index in [-0.39, 0.29) is 19.0 Å². The lowest BCUT2D eigenvalue weighted by atomic mass is 9.96. The van der Waals surface area contributed by atoms with Crippen LogP contribution in [0.1, 0.15) is 18.4 Å². The molecule has 0 N–H and O–H groups in total. The maximum Gasteiger partial charge on any atom is 0.256 e. The minimum absolute atomic E-state index is 0.0449. The smallest absolute Gasteiger partial charge is 0.206 e. The van der Waals surface area contributed by atoms with Crippen molar-refractivity contribution in [1.82, 2.24) is 3.82 Å². The minimum Gasteiger partial charge on any atom is -0.206 e. The Bertz CT molecular complexity index is 680. The summed E-state index contributed by atoms with van der Waals surface area (Å²) in [6, 6.07) is 6.51. The van der Waals surface area contributed by atoms with Crippen LogP contribution in [-0.2, 0) is 10.0 Å². The summed E-state index contributed by atoms with van der Waals surface area (Å²) < 4.78 is 26.4. The summed E-state index contributed by atoms with van der Waals surface area (Å²) in [5, 5.41) is 0. The fourth-order valence-corrected chi connectivity index (χ4v) is 7.74. The first-order valence-corrected chi connectivity index (χ1v) is 11.2. The Labute approximate surface area is 161 Å². The molecule has 2 aliphatic carbocycles. The summed E-state index contributed by atoms with van der Waals surface area (Å²) in [6.07, 6.45) is 1.62. The van der Waals surface area contributed by atoms with Gasteiger partial charge in [0, 0.05) is 4.83 Å². The highest BCUT2D eigenvalue weighted by Crippen LogP contribution is 2.68. The second-order valence-corrected chi connectivity index (χ2v) is 13.2. The van der Waals surface area contributed by atoms with E-state index in [9.17, 15) is 8.42 Å². The summed E-state index contributed by atoms with van der Waals surface area (Å²) in [6.45, 7) is 1.92. The van der Waals surface area contributed by atoms with Crippen LogP contribution in [0.25, 0.3) is 0 Å². The molecule has 2 fully saturated rings. The quantitative estimate of drug-likeness (QED) is 0.412. The van der Waals surface area contributed by atoms with Crippen LogP contribution in [0.3, 0.4) is 0 Å². The molecule has 0 saturated heterocycles. The van der Waals surface area contributed by atoms with Crippen molar-refractivity contribution in [2.45, 2.75) is 38.8 Å². The van der Waals surface area contributed by atoms with Gasteiger partial charge < -0.3 is 0 Å². The van der Waals surface area contributed by atoms with Gasteiger partial charge in [-0.15, -0.1) is 3.82 Å². The molecule has 0 aliphatic heterocycles. The van der Waals surface area contributed by atoms with Crippen molar-refractivity contribution >= 4 is 69.6 Å².